The highest BCUT2D eigenvalue weighted by molar-refractivity contribution is 5.75. The lowest BCUT2D eigenvalue weighted by Gasteiger charge is -2.26. The summed E-state index contributed by atoms with van der Waals surface area (Å²) in [4.78, 5) is 24.2. The highest BCUT2D eigenvalue weighted by Crippen LogP contribution is 2.30. The zero-order valence-electron chi connectivity index (χ0n) is 17.3. The molecule has 0 radical (unpaired) electrons. The molecule has 0 atom stereocenters. The van der Waals surface area contributed by atoms with Crippen LogP contribution in [0.5, 0.6) is 0 Å². The van der Waals surface area contributed by atoms with Crippen molar-refractivity contribution in [3.63, 3.8) is 0 Å². The highest BCUT2D eigenvalue weighted by Gasteiger charge is 2.31. The molecule has 0 aliphatic heterocycles. The highest BCUT2D eigenvalue weighted by atomic mass is 16.5. The summed E-state index contributed by atoms with van der Waals surface area (Å²) in [5.41, 5.74) is 0. The fourth-order valence-electron chi connectivity index (χ4n) is 3.43. The van der Waals surface area contributed by atoms with E-state index in [4.69, 9.17) is 9.47 Å². The molecule has 0 amide bonds. The second-order valence-electron chi connectivity index (χ2n) is 8.19. The van der Waals surface area contributed by atoms with Gasteiger partial charge in [0.05, 0.1) is 25.0 Å². The fraction of sp³-hybridized carbons (Fsp3) is 0.909. The molecule has 0 aromatic heterocycles. The smallest absolute Gasteiger partial charge is 0.308 e. The molecule has 1 saturated carbocycles. The van der Waals surface area contributed by atoms with Crippen molar-refractivity contribution in [2.24, 2.45) is 17.8 Å². The summed E-state index contributed by atoms with van der Waals surface area (Å²) in [6.07, 6.45) is 12.5. The summed E-state index contributed by atoms with van der Waals surface area (Å²) >= 11 is 0. The Kier molecular flexibility index (Phi) is 12.4. The van der Waals surface area contributed by atoms with Crippen molar-refractivity contribution in [1.82, 2.24) is 0 Å². The molecule has 1 rings (SSSR count). The molecule has 4 nitrogen and oxygen atoms in total. The summed E-state index contributed by atoms with van der Waals surface area (Å²) in [5, 5.41) is 0. The van der Waals surface area contributed by atoms with Crippen molar-refractivity contribution in [2.75, 3.05) is 13.2 Å². The zero-order chi connectivity index (χ0) is 19.2. The number of carbonyl (C=O) groups is 2. The van der Waals surface area contributed by atoms with E-state index >= 15 is 0 Å². The van der Waals surface area contributed by atoms with Gasteiger partial charge in [-0.05, 0) is 44.4 Å². The number of unbranched alkanes of at least 4 members (excludes halogenated alkanes) is 6. The predicted molar refractivity (Wildman–Crippen MR) is 105 cm³/mol. The van der Waals surface area contributed by atoms with E-state index in [1.54, 1.807) is 0 Å². The monoisotopic (exact) mass is 368 g/mol. The van der Waals surface area contributed by atoms with Crippen molar-refractivity contribution in [3.05, 3.63) is 0 Å². The van der Waals surface area contributed by atoms with Gasteiger partial charge in [-0.3, -0.25) is 9.59 Å². The lowest BCUT2D eigenvalue weighted by molar-refractivity contribution is -0.155. The second kappa shape index (κ2) is 14.1. The summed E-state index contributed by atoms with van der Waals surface area (Å²) in [7, 11) is 0. The standard InChI is InChI=1S/C22H40O4/c1-4-5-6-7-8-9-10-16-25-21(23)19-11-13-20(14-12-19)22(24)26-17-15-18(2)3/h18-20H,4-17H2,1-3H3. The topological polar surface area (TPSA) is 52.6 Å². The molecule has 0 unspecified atom stereocenters. The van der Waals surface area contributed by atoms with E-state index in [1.807, 2.05) is 0 Å². The van der Waals surface area contributed by atoms with E-state index < -0.39 is 0 Å². The Morgan fingerprint density at radius 1 is 0.769 bits per heavy atom. The van der Waals surface area contributed by atoms with Crippen LogP contribution >= 0.6 is 0 Å². The van der Waals surface area contributed by atoms with E-state index in [0.29, 0.717) is 19.1 Å². The maximum Gasteiger partial charge on any atom is 0.308 e. The Morgan fingerprint density at radius 3 is 1.73 bits per heavy atom. The van der Waals surface area contributed by atoms with Gasteiger partial charge >= 0.3 is 11.9 Å². The third-order valence-electron chi connectivity index (χ3n) is 5.33. The van der Waals surface area contributed by atoms with E-state index in [9.17, 15) is 9.59 Å². The Balaban J connectivity index is 2.07. The zero-order valence-corrected chi connectivity index (χ0v) is 17.3. The van der Waals surface area contributed by atoms with E-state index in [-0.39, 0.29) is 23.8 Å². The van der Waals surface area contributed by atoms with Gasteiger partial charge in [0, 0.05) is 0 Å². The van der Waals surface area contributed by atoms with Crippen molar-refractivity contribution in [1.29, 1.82) is 0 Å². The average Bonchev–Trinajstić information content (AvgIpc) is 2.63. The lowest BCUT2D eigenvalue weighted by atomic mass is 9.82. The third kappa shape index (κ3) is 10.2. The first-order valence-corrected chi connectivity index (χ1v) is 10.9. The normalized spacial score (nSPS) is 20.2. The first-order chi connectivity index (χ1) is 12.5. The number of hydrogen-bond donors (Lipinski definition) is 0. The first-order valence-electron chi connectivity index (χ1n) is 10.9. The molecule has 0 N–H and O–H groups in total. The Morgan fingerprint density at radius 2 is 1.23 bits per heavy atom. The van der Waals surface area contributed by atoms with Crippen LogP contribution in [0.15, 0.2) is 0 Å². The Labute approximate surface area is 160 Å². The number of esters is 2. The van der Waals surface area contributed by atoms with Crippen LogP contribution in [0.4, 0.5) is 0 Å². The van der Waals surface area contributed by atoms with Crippen LogP contribution in [0.3, 0.4) is 0 Å². The van der Waals surface area contributed by atoms with Crippen LogP contribution in [-0.4, -0.2) is 25.2 Å². The molecule has 1 aliphatic rings. The molecule has 1 aliphatic carbocycles. The molecule has 0 aromatic rings. The Bertz CT molecular complexity index is 384. The first kappa shape index (κ1) is 23.0. The summed E-state index contributed by atoms with van der Waals surface area (Å²) in [6.45, 7) is 7.53. The molecule has 0 saturated heterocycles. The molecule has 0 bridgehead atoms. The summed E-state index contributed by atoms with van der Waals surface area (Å²) in [6, 6.07) is 0. The van der Waals surface area contributed by atoms with Gasteiger partial charge in [-0.25, -0.2) is 0 Å². The quantitative estimate of drug-likeness (QED) is 0.310. The van der Waals surface area contributed by atoms with Crippen LogP contribution in [0, 0.1) is 17.8 Å². The van der Waals surface area contributed by atoms with E-state index in [2.05, 4.69) is 20.8 Å². The van der Waals surface area contributed by atoms with Gasteiger partial charge in [-0.2, -0.15) is 0 Å². The van der Waals surface area contributed by atoms with Gasteiger partial charge in [0.15, 0.2) is 0 Å². The van der Waals surface area contributed by atoms with Gasteiger partial charge in [-0.15, -0.1) is 0 Å². The van der Waals surface area contributed by atoms with Gasteiger partial charge in [0.25, 0.3) is 0 Å². The van der Waals surface area contributed by atoms with E-state index in [1.165, 1.54) is 32.1 Å². The number of ether oxygens (including phenoxy) is 2. The maximum absolute atomic E-state index is 12.2. The van der Waals surface area contributed by atoms with Crippen LogP contribution in [0.25, 0.3) is 0 Å². The van der Waals surface area contributed by atoms with Crippen molar-refractivity contribution in [3.8, 4) is 0 Å². The molecular weight excluding hydrogens is 328 g/mol. The minimum Gasteiger partial charge on any atom is -0.465 e. The van der Waals surface area contributed by atoms with Crippen molar-refractivity contribution >= 4 is 11.9 Å². The third-order valence-corrected chi connectivity index (χ3v) is 5.33. The number of rotatable bonds is 13. The molecule has 0 spiro atoms. The van der Waals surface area contributed by atoms with Crippen molar-refractivity contribution in [2.45, 2.75) is 97.8 Å². The van der Waals surface area contributed by atoms with Gasteiger partial charge in [0.1, 0.15) is 0 Å². The van der Waals surface area contributed by atoms with Crippen molar-refractivity contribution < 1.29 is 19.1 Å². The molecule has 0 aromatic carbocycles. The van der Waals surface area contributed by atoms with Crippen LogP contribution in [0.2, 0.25) is 0 Å². The van der Waals surface area contributed by atoms with E-state index in [0.717, 1.165) is 44.9 Å². The molecule has 26 heavy (non-hydrogen) atoms. The van der Waals surface area contributed by atoms with Gasteiger partial charge in [-0.1, -0.05) is 59.3 Å². The molecule has 152 valence electrons. The second-order valence-corrected chi connectivity index (χ2v) is 8.19. The Hall–Kier alpha value is -1.06. The number of carbonyl (C=O) groups excluding carboxylic acids is 2. The minimum absolute atomic E-state index is 0.0285. The molecule has 4 heteroatoms. The molecular formula is C22H40O4. The van der Waals surface area contributed by atoms with Gasteiger partial charge < -0.3 is 9.47 Å². The van der Waals surface area contributed by atoms with Crippen LogP contribution in [0.1, 0.15) is 97.8 Å². The molecule has 0 heterocycles. The maximum atomic E-state index is 12.2. The molecule has 1 fully saturated rings. The summed E-state index contributed by atoms with van der Waals surface area (Å²) < 4.78 is 10.8. The summed E-state index contributed by atoms with van der Waals surface area (Å²) in [5.74, 6) is 0.335. The minimum atomic E-state index is -0.0828. The SMILES string of the molecule is CCCCCCCCCOC(=O)C1CCC(C(=O)OCCC(C)C)CC1. The largest absolute Gasteiger partial charge is 0.465 e. The number of hydrogen-bond acceptors (Lipinski definition) is 4. The predicted octanol–water partition coefficient (Wildman–Crippen LogP) is 5.68. The van der Waals surface area contributed by atoms with Crippen LogP contribution in [-0.2, 0) is 19.1 Å². The fourth-order valence-corrected chi connectivity index (χ4v) is 3.43. The lowest BCUT2D eigenvalue weighted by Crippen LogP contribution is -2.28. The van der Waals surface area contributed by atoms with Gasteiger partial charge in [0.2, 0.25) is 0 Å². The van der Waals surface area contributed by atoms with Crippen LogP contribution < -0.4 is 0 Å². The average molecular weight is 369 g/mol.